The number of ether oxygens (including phenoxy) is 1. The summed E-state index contributed by atoms with van der Waals surface area (Å²) < 4.78 is 4.63. The SMILES string of the molecule is COC(=O)CCCCc1ccc(C#Cc2ccccc2)cc1.O=C(O)CCCCc1ccc(C#Cc2ccccc2)cc1.[Li+].[OH-].[OH-]. The van der Waals surface area contributed by atoms with E-state index in [9.17, 15) is 9.59 Å². The molecule has 0 aromatic heterocycles. The van der Waals surface area contributed by atoms with E-state index in [4.69, 9.17) is 5.11 Å². The van der Waals surface area contributed by atoms with Crippen LogP contribution in [0.15, 0.2) is 109 Å². The average Bonchev–Trinajstić information content (AvgIpc) is 3.05. The Morgan fingerprint density at radius 3 is 1.24 bits per heavy atom. The molecule has 0 saturated heterocycles. The number of carboxylic acid groups (broad SMARTS) is 1. The minimum atomic E-state index is -0.721. The van der Waals surface area contributed by atoms with Crippen LogP contribution >= 0.6 is 0 Å². The van der Waals surface area contributed by atoms with Gasteiger partial charge < -0.3 is 20.8 Å². The molecule has 6 nitrogen and oxygen atoms in total. The number of carboxylic acids is 1. The van der Waals surface area contributed by atoms with Gasteiger partial charge in [-0.2, -0.15) is 0 Å². The predicted molar refractivity (Wildman–Crippen MR) is 176 cm³/mol. The number of benzene rings is 4. The maximum absolute atomic E-state index is 11.0. The monoisotopic (exact) mass is 611 g/mol. The van der Waals surface area contributed by atoms with Gasteiger partial charge in [0.1, 0.15) is 0 Å². The van der Waals surface area contributed by atoms with Crippen LogP contribution in [-0.2, 0) is 27.2 Å². The first-order chi connectivity index (χ1) is 21.0. The van der Waals surface area contributed by atoms with Gasteiger partial charge in [0.25, 0.3) is 0 Å². The number of methoxy groups -OCH3 is 1. The van der Waals surface area contributed by atoms with Crippen LogP contribution < -0.4 is 18.9 Å². The van der Waals surface area contributed by atoms with E-state index in [1.165, 1.54) is 18.2 Å². The molecule has 0 radical (unpaired) electrons. The fourth-order valence-electron chi connectivity index (χ4n) is 4.15. The average molecular weight is 612 g/mol. The van der Waals surface area contributed by atoms with Crippen LogP contribution in [0.3, 0.4) is 0 Å². The molecule has 234 valence electrons. The van der Waals surface area contributed by atoms with Crippen LogP contribution in [0.1, 0.15) is 71.9 Å². The maximum atomic E-state index is 11.0. The molecular formula is C39H40LiO6-. The summed E-state index contributed by atoms with van der Waals surface area (Å²) >= 11 is 0. The molecule has 0 heterocycles. The summed E-state index contributed by atoms with van der Waals surface area (Å²) in [6, 6.07) is 36.3. The number of hydrogen-bond donors (Lipinski definition) is 1. The van der Waals surface area contributed by atoms with Crippen LogP contribution in [0.4, 0.5) is 0 Å². The Morgan fingerprint density at radius 1 is 0.543 bits per heavy atom. The molecule has 4 rings (SSSR count). The first kappa shape index (κ1) is 41.5. The molecular weight excluding hydrogens is 571 g/mol. The van der Waals surface area contributed by atoms with Crippen LogP contribution in [0.25, 0.3) is 0 Å². The Labute approximate surface area is 285 Å². The topological polar surface area (TPSA) is 124 Å². The van der Waals surface area contributed by atoms with E-state index in [1.807, 2.05) is 84.9 Å². The van der Waals surface area contributed by atoms with Gasteiger partial charge in [-0.3, -0.25) is 9.59 Å². The van der Waals surface area contributed by atoms with Crippen LogP contribution in [0.5, 0.6) is 0 Å². The quantitative estimate of drug-likeness (QED) is 0.122. The van der Waals surface area contributed by atoms with E-state index >= 15 is 0 Å². The Hall–Kier alpha value is -4.54. The summed E-state index contributed by atoms with van der Waals surface area (Å²) in [5, 5.41) is 8.58. The Balaban J connectivity index is 0.000000827. The van der Waals surface area contributed by atoms with Crippen molar-refractivity contribution in [3.63, 3.8) is 0 Å². The number of hydrogen-bond acceptors (Lipinski definition) is 5. The minimum absolute atomic E-state index is 0. The molecule has 0 fully saturated rings. The van der Waals surface area contributed by atoms with Crippen molar-refractivity contribution < 1.29 is 49.2 Å². The van der Waals surface area contributed by atoms with Gasteiger partial charge in [0.15, 0.2) is 0 Å². The molecule has 0 amide bonds. The summed E-state index contributed by atoms with van der Waals surface area (Å²) in [7, 11) is 1.43. The number of esters is 1. The second-order valence-electron chi connectivity index (χ2n) is 10.0. The van der Waals surface area contributed by atoms with E-state index in [0.717, 1.165) is 60.8 Å². The third-order valence-corrected chi connectivity index (χ3v) is 6.59. The van der Waals surface area contributed by atoms with Gasteiger partial charge in [-0.05, 0) is 98.2 Å². The molecule has 0 unspecified atom stereocenters. The molecule has 0 aliphatic heterocycles. The third-order valence-electron chi connectivity index (χ3n) is 6.59. The summed E-state index contributed by atoms with van der Waals surface area (Å²) in [6.07, 6.45) is 6.12. The molecule has 4 aromatic carbocycles. The van der Waals surface area contributed by atoms with E-state index < -0.39 is 5.97 Å². The molecule has 0 saturated carbocycles. The molecule has 3 N–H and O–H groups in total. The van der Waals surface area contributed by atoms with E-state index in [2.05, 4.69) is 52.7 Å². The Bertz CT molecular complexity index is 1530. The van der Waals surface area contributed by atoms with Crippen LogP contribution in [0.2, 0.25) is 0 Å². The van der Waals surface area contributed by atoms with E-state index in [0.29, 0.717) is 6.42 Å². The van der Waals surface area contributed by atoms with Gasteiger partial charge in [-0.15, -0.1) is 0 Å². The third kappa shape index (κ3) is 17.7. The Kier molecular flexibility index (Phi) is 22.3. The maximum Gasteiger partial charge on any atom is 1.00 e. The van der Waals surface area contributed by atoms with Gasteiger partial charge in [0.2, 0.25) is 0 Å². The molecule has 7 heteroatoms. The number of aliphatic carboxylic acids is 1. The van der Waals surface area contributed by atoms with Crippen LogP contribution in [0, 0.1) is 23.7 Å². The summed E-state index contributed by atoms with van der Waals surface area (Å²) in [4.78, 5) is 21.4. The van der Waals surface area contributed by atoms with Gasteiger partial charge >= 0.3 is 30.8 Å². The van der Waals surface area contributed by atoms with E-state index in [-0.39, 0.29) is 42.2 Å². The molecule has 0 spiro atoms. The zero-order valence-electron chi connectivity index (χ0n) is 26.6. The molecule has 0 atom stereocenters. The van der Waals surface area contributed by atoms with Crippen molar-refractivity contribution in [1.82, 2.24) is 0 Å². The summed E-state index contributed by atoms with van der Waals surface area (Å²) in [5.41, 5.74) is 6.54. The second-order valence-corrected chi connectivity index (χ2v) is 10.0. The number of aryl methyl sites for hydroxylation is 2. The van der Waals surface area contributed by atoms with Crippen molar-refractivity contribution in [3.05, 3.63) is 143 Å². The predicted octanol–water partition coefficient (Wildman–Crippen LogP) is 4.51. The fourth-order valence-corrected chi connectivity index (χ4v) is 4.15. The molecule has 0 bridgehead atoms. The normalized spacial score (nSPS) is 9.07. The van der Waals surface area contributed by atoms with Crippen molar-refractivity contribution in [2.24, 2.45) is 0 Å². The van der Waals surface area contributed by atoms with Crippen LogP contribution in [-0.4, -0.2) is 35.1 Å². The zero-order valence-corrected chi connectivity index (χ0v) is 26.6. The molecule has 4 aromatic rings. The number of unbranched alkanes of at least 4 members (excludes halogenated alkanes) is 2. The molecule has 0 aliphatic rings. The van der Waals surface area contributed by atoms with Gasteiger partial charge in [-0.25, -0.2) is 0 Å². The number of carbonyl (C=O) groups is 2. The van der Waals surface area contributed by atoms with Gasteiger partial charge in [0, 0.05) is 35.1 Å². The van der Waals surface area contributed by atoms with Crippen molar-refractivity contribution in [2.75, 3.05) is 7.11 Å². The standard InChI is InChI=1S/C20H20O2.C19H18O2.Li.2H2O/c1-22-20(21)10-6-5-9-18-12-15-19(16-13-18)14-11-17-7-3-2-4-8-17;20-19(21)9-5-4-8-17-11-14-18(15-12-17)13-10-16-6-2-1-3-7-16;;;/h2-4,7-8,12-13,15-16H,5-6,9-10H2,1H3;1-3,6-7,11-12,14-15H,4-5,8-9H2,(H,20,21);;2*1H2/q;;+1;;/p-2. The van der Waals surface area contributed by atoms with Gasteiger partial charge in [0.05, 0.1) is 7.11 Å². The first-order valence-corrected chi connectivity index (χ1v) is 14.6. The number of carbonyl (C=O) groups excluding carboxylic acids is 1. The number of rotatable bonds is 10. The first-order valence-electron chi connectivity index (χ1n) is 14.6. The van der Waals surface area contributed by atoms with Crippen molar-refractivity contribution in [3.8, 4) is 23.7 Å². The summed E-state index contributed by atoms with van der Waals surface area (Å²) in [6.45, 7) is 0. The zero-order chi connectivity index (χ0) is 30.5. The van der Waals surface area contributed by atoms with Gasteiger partial charge in [-0.1, -0.05) is 84.3 Å². The van der Waals surface area contributed by atoms with Crippen molar-refractivity contribution in [1.29, 1.82) is 0 Å². The fraction of sp³-hybridized carbons (Fsp3) is 0.231. The summed E-state index contributed by atoms with van der Waals surface area (Å²) in [5.74, 6) is 11.7. The Morgan fingerprint density at radius 2 is 0.891 bits per heavy atom. The smallest absolute Gasteiger partial charge is 0.870 e. The second kappa shape index (κ2) is 24.7. The molecule has 0 aliphatic carbocycles. The van der Waals surface area contributed by atoms with Crippen molar-refractivity contribution >= 4 is 11.9 Å². The minimum Gasteiger partial charge on any atom is -0.870 e. The van der Waals surface area contributed by atoms with Crippen molar-refractivity contribution in [2.45, 2.75) is 51.4 Å². The molecule has 46 heavy (non-hydrogen) atoms. The largest absolute Gasteiger partial charge is 1.00 e. The van der Waals surface area contributed by atoms with E-state index in [1.54, 1.807) is 0 Å².